The van der Waals surface area contributed by atoms with Gasteiger partial charge >= 0.3 is 11.7 Å². The number of aryl methyl sites for hydroxylation is 1. The molecule has 0 radical (unpaired) electrons. The predicted molar refractivity (Wildman–Crippen MR) is 121 cm³/mol. The van der Waals surface area contributed by atoms with Gasteiger partial charge in [-0.05, 0) is 36.2 Å². The van der Waals surface area contributed by atoms with E-state index < -0.39 is 11.7 Å². The van der Waals surface area contributed by atoms with E-state index in [-0.39, 0.29) is 6.79 Å². The normalized spacial score (nSPS) is 12.0. The second kappa shape index (κ2) is 8.43. The van der Waals surface area contributed by atoms with Gasteiger partial charge in [-0.3, -0.25) is 9.88 Å². The van der Waals surface area contributed by atoms with Gasteiger partial charge in [0, 0.05) is 23.7 Å². The number of benzene rings is 3. The van der Waals surface area contributed by atoms with Crippen LogP contribution in [-0.4, -0.2) is 22.4 Å². The zero-order valence-electron chi connectivity index (χ0n) is 17.1. The molecule has 2 heterocycles. The number of para-hydroxylation sites is 1. The van der Waals surface area contributed by atoms with Crippen LogP contribution in [0.25, 0.3) is 10.9 Å². The summed E-state index contributed by atoms with van der Waals surface area (Å²) < 4.78 is 12.2. The van der Waals surface area contributed by atoms with Gasteiger partial charge in [-0.1, -0.05) is 42.5 Å². The highest BCUT2D eigenvalue weighted by molar-refractivity contribution is 6.04. The van der Waals surface area contributed by atoms with Gasteiger partial charge in [-0.25, -0.2) is 9.59 Å². The van der Waals surface area contributed by atoms with Crippen molar-refractivity contribution in [2.24, 2.45) is 0 Å². The number of hydrogen-bond acceptors (Lipinski definition) is 5. The fourth-order valence-corrected chi connectivity index (χ4v) is 3.65. The zero-order chi connectivity index (χ0) is 21.9. The summed E-state index contributed by atoms with van der Waals surface area (Å²) in [5.74, 6) is 1.59. The lowest BCUT2D eigenvalue weighted by atomic mass is 10.1. The molecule has 0 unspecified atom stereocenters. The predicted octanol–water partition coefficient (Wildman–Crippen LogP) is 4.01. The van der Waals surface area contributed by atoms with Crippen LogP contribution >= 0.6 is 0 Å². The van der Waals surface area contributed by atoms with Crippen LogP contribution in [0.1, 0.15) is 5.56 Å². The number of fused-ring (bicyclic) bond motifs is 2. The van der Waals surface area contributed by atoms with Gasteiger partial charge in [0.15, 0.2) is 11.5 Å². The van der Waals surface area contributed by atoms with Crippen LogP contribution < -0.4 is 25.8 Å². The Bertz CT molecular complexity index is 1350. The monoisotopic (exact) mass is 428 g/mol. The number of rotatable bonds is 5. The van der Waals surface area contributed by atoms with Gasteiger partial charge in [0.25, 0.3) is 0 Å². The van der Waals surface area contributed by atoms with Crippen LogP contribution in [0.15, 0.2) is 77.6 Å². The number of amides is 2. The second-order valence-corrected chi connectivity index (χ2v) is 7.29. The number of anilines is 2. The summed E-state index contributed by atoms with van der Waals surface area (Å²) in [7, 11) is 0. The maximum Gasteiger partial charge on any atom is 0.349 e. The minimum atomic E-state index is -0.479. The third-order valence-corrected chi connectivity index (χ3v) is 5.21. The van der Waals surface area contributed by atoms with Gasteiger partial charge in [0.1, 0.15) is 5.82 Å². The van der Waals surface area contributed by atoms with Crippen molar-refractivity contribution in [2.75, 3.05) is 17.4 Å². The molecule has 1 aliphatic rings. The van der Waals surface area contributed by atoms with Gasteiger partial charge in [0.05, 0.1) is 5.52 Å². The molecule has 5 rings (SSSR count). The molecule has 2 amide bonds. The first-order chi connectivity index (χ1) is 15.7. The molecule has 1 aromatic heterocycles. The fourth-order valence-electron chi connectivity index (χ4n) is 3.65. The maximum atomic E-state index is 12.8. The molecule has 0 fully saturated rings. The van der Waals surface area contributed by atoms with Crippen LogP contribution in [0.3, 0.4) is 0 Å². The van der Waals surface area contributed by atoms with Crippen molar-refractivity contribution >= 4 is 28.4 Å². The molecular formula is C24H20N4O4. The molecule has 160 valence electrons. The number of urea groups is 1. The topological polar surface area (TPSA) is 94.5 Å². The van der Waals surface area contributed by atoms with Crippen molar-refractivity contribution in [3.8, 4) is 11.5 Å². The van der Waals surface area contributed by atoms with E-state index in [2.05, 4.69) is 15.6 Å². The van der Waals surface area contributed by atoms with Crippen molar-refractivity contribution in [3.63, 3.8) is 0 Å². The molecule has 2 N–H and O–H groups in total. The Balaban J connectivity index is 1.44. The Morgan fingerprint density at radius 3 is 2.59 bits per heavy atom. The first kappa shape index (κ1) is 19.6. The molecule has 8 nitrogen and oxygen atoms in total. The molecule has 0 atom stereocenters. The van der Waals surface area contributed by atoms with Crippen molar-refractivity contribution < 1.29 is 14.3 Å². The number of carbonyl (C=O) groups excluding carboxylic acids is 1. The number of nitrogens with zero attached hydrogens (tertiary/aromatic N) is 2. The van der Waals surface area contributed by atoms with Crippen molar-refractivity contribution in [3.05, 3.63) is 88.8 Å². The Kier molecular flexibility index (Phi) is 5.17. The molecule has 0 saturated carbocycles. The molecular weight excluding hydrogens is 408 g/mol. The van der Waals surface area contributed by atoms with Crippen LogP contribution in [-0.2, 0) is 13.0 Å². The van der Waals surface area contributed by atoms with E-state index in [1.54, 1.807) is 30.3 Å². The molecule has 32 heavy (non-hydrogen) atoms. The summed E-state index contributed by atoms with van der Waals surface area (Å²) in [6, 6.07) is 21.7. The highest BCUT2D eigenvalue weighted by Crippen LogP contribution is 2.34. The SMILES string of the molecule is O=C(Nc1ccc2c(c1)OCO2)Nc1c2ccccc2nc(=O)n1CCc1ccccc1. The van der Waals surface area contributed by atoms with Gasteiger partial charge < -0.3 is 14.8 Å². The van der Waals surface area contributed by atoms with Gasteiger partial charge in [0.2, 0.25) is 6.79 Å². The third kappa shape index (κ3) is 3.98. The fraction of sp³-hybridized carbons (Fsp3) is 0.125. The van der Waals surface area contributed by atoms with Crippen LogP contribution in [0.5, 0.6) is 11.5 Å². The minimum Gasteiger partial charge on any atom is -0.454 e. The van der Waals surface area contributed by atoms with E-state index in [0.29, 0.717) is 46.9 Å². The highest BCUT2D eigenvalue weighted by atomic mass is 16.7. The summed E-state index contributed by atoms with van der Waals surface area (Å²) >= 11 is 0. The minimum absolute atomic E-state index is 0.154. The Morgan fingerprint density at radius 1 is 0.938 bits per heavy atom. The first-order valence-corrected chi connectivity index (χ1v) is 10.2. The standard InChI is InChI=1S/C24H20N4O4/c29-23(25-17-10-11-20-21(14-17)32-15-31-20)27-22-18-8-4-5-9-19(18)26-24(30)28(22)13-12-16-6-2-1-3-7-16/h1-11,14H,12-13,15H2,(H2,25,27,29). The van der Waals surface area contributed by atoms with E-state index >= 15 is 0 Å². The number of aromatic nitrogens is 2. The Morgan fingerprint density at radius 2 is 1.72 bits per heavy atom. The van der Waals surface area contributed by atoms with Gasteiger partial charge in [-0.2, -0.15) is 4.98 Å². The number of hydrogen-bond donors (Lipinski definition) is 2. The number of carbonyl (C=O) groups is 1. The van der Waals surface area contributed by atoms with E-state index in [1.165, 1.54) is 4.57 Å². The molecule has 0 spiro atoms. The molecule has 0 aliphatic carbocycles. The summed E-state index contributed by atoms with van der Waals surface area (Å²) in [5, 5.41) is 6.31. The van der Waals surface area contributed by atoms with Crippen LogP contribution in [0.2, 0.25) is 0 Å². The average Bonchev–Trinajstić information content (AvgIpc) is 3.27. The molecule has 0 saturated heterocycles. The van der Waals surface area contributed by atoms with Crippen LogP contribution in [0.4, 0.5) is 16.3 Å². The lowest BCUT2D eigenvalue weighted by Crippen LogP contribution is -2.30. The largest absolute Gasteiger partial charge is 0.454 e. The van der Waals surface area contributed by atoms with E-state index in [4.69, 9.17) is 9.47 Å². The summed E-state index contributed by atoms with van der Waals surface area (Å²) in [4.78, 5) is 29.8. The third-order valence-electron chi connectivity index (χ3n) is 5.21. The Labute approximate surface area is 183 Å². The maximum absolute atomic E-state index is 12.8. The zero-order valence-corrected chi connectivity index (χ0v) is 17.1. The molecule has 1 aliphatic heterocycles. The van der Waals surface area contributed by atoms with Crippen molar-refractivity contribution in [2.45, 2.75) is 13.0 Å². The number of ether oxygens (including phenoxy) is 2. The molecule has 0 bridgehead atoms. The van der Waals surface area contributed by atoms with Gasteiger partial charge in [-0.15, -0.1) is 0 Å². The smallest absolute Gasteiger partial charge is 0.349 e. The molecule has 8 heteroatoms. The molecule has 4 aromatic rings. The van der Waals surface area contributed by atoms with Crippen molar-refractivity contribution in [1.82, 2.24) is 9.55 Å². The van der Waals surface area contributed by atoms with Crippen molar-refractivity contribution in [1.29, 1.82) is 0 Å². The molecule has 3 aromatic carbocycles. The van der Waals surface area contributed by atoms with E-state index in [9.17, 15) is 9.59 Å². The quantitative estimate of drug-likeness (QED) is 0.501. The first-order valence-electron chi connectivity index (χ1n) is 10.2. The number of nitrogens with one attached hydrogen (secondary N) is 2. The highest BCUT2D eigenvalue weighted by Gasteiger charge is 2.17. The van der Waals surface area contributed by atoms with E-state index in [0.717, 1.165) is 5.56 Å². The van der Waals surface area contributed by atoms with E-state index in [1.807, 2.05) is 42.5 Å². The lowest BCUT2D eigenvalue weighted by molar-refractivity contribution is 0.174. The summed E-state index contributed by atoms with van der Waals surface area (Å²) in [5.41, 5.74) is 1.73. The Hall–Kier alpha value is -4.33. The lowest BCUT2D eigenvalue weighted by Gasteiger charge is -2.16. The summed E-state index contributed by atoms with van der Waals surface area (Å²) in [6.07, 6.45) is 0.624. The average molecular weight is 428 g/mol. The summed E-state index contributed by atoms with van der Waals surface area (Å²) in [6.45, 7) is 0.530. The van der Waals surface area contributed by atoms with Crippen LogP contribution in [0, 0.1) is 0 Å². The second-order valence-electron chi connectivity index (χ2n) is 7.29.